The van der Waals surface area contributed by atoms with Gasteiger partial charge in [0.2, 0.25) is 5.95 Å². The van der Waals surface area contributed by atoms with Gasteiger partial charge in [-0.25, -0.2) is 14.6 Å². The van der Waals surface area contributed by atoms with Crippen LogP contribution in [0.1, 0.15) is 61.2 Å². The molecule has 3 heterocycles. The van der Waals surface area contributed by atoms with Gasteiger partial charge in [-0.1, -0.05) is 111 Å². The van der Waals surface area contributed by atoms with E-state index in [1.807, 2.05) is 24.3 Å². The van der Waals surface area contributed by atoms with Gasteiger partial charge in [-0.3, -0.25) is 4.98 Å². The topological polar surface area (TPSA) is 112 Å². The molecule has 0 unspecified atom stereocenters. The minimum Gasteiger partial charge on any atom is -0.497 e. The summed E-state index contributed by atoms with van der Waals surface area (Å²) in [4.78, 5) is 19.3. The Kier molecular flexibility index (Phi) is 10.8. The third-order valence-electron chi connectivity index (χ3n) is 9.99. The number of methoxy groups -OCH3 is 2. The van der Waals surface area contributed by atoms with Crippen LogP contribution in [0.3, 0.4) is 0 Å². The van der Waals surface area contributed by atoms with Crippen molar-refractivity contribution in [3.05, 3.63) is 162 Å². The van der Waals surface area contributed by atoms with Gasteiger partial charge in [-0.05, 0) is 48.2 Å². The number of pyridine rings is 1. The maximum absolute atomic E-state index is 5.65. The first-order valence-corrected chi connectivity index (χ1v) is 18.4. The maximum atomic E-state index is 5.65. The number of fused-ring (bicyclic) bond motifs is 1. The van der Waals surface area contributed by atoms with Crippen molar-refractivity contribution in [3.8, 4) is 11.5 Å². The van der Waals surface area contributed by atoms with E-state index in [0.29, 0.717) is 18.9 Å². The number of hydrogen-bond donors (Lipinski definition) is 2. The average molecular weight is 719 g/mol. The second-order valence-corrected chi connectivity index (χ2v) is 13.7. The third-order valence-corrected chi connectivity index (χ3v) is 9.99. The van der Waals surface area contributed by atoms with E-state index in [4.69, 9.17) is 29.5 Å². The molecule has 10 heteroatoms. The van der Waals surface area contributed by atoms with Crippen LogP contribution >= 0.6 is 0 Å². The smallest absolute Gasteiger partial charge is 0.225 e. The van der Waals surface area contributed by atoms with Gasteiger partial charge in [0, 0.05) is 41.7 Å². The Morgan fingerprint density at radius 2 is 1.44 bits per heavy atom. The first kappa shape index (κ1) is 36.1. The van der Waals surface area contributed by atoms with Crippen LogP contribution in [-0.2, 0) is 18.5 Å². The van der Waals surface area contributed by atoms with Crippen LogP contribution in [-0.4, -0.2) is 49.5 Å². The third kappa shape index (κ3) is 7.32. The minimum atomic E-state index is -0.784. The number of unbranched alkanes of at least 4 members (excludes halogenated alkanes) is 1. The second-order valence-electron chi connectivity index (χ2n) is 13.7. The molecule has 274 valence electrons. The summed E-state index contributed by atoms with van der Waals surface area (Å²) in [6, 6.07) is 39.5. The lowest BCUT2D eigenvalue weighted by molar-refractivity contribution is 0.391. The number of nitrogens with zero attached hydrogens (tertiary/aromatic N) is 6. The highest BCUT2D eigenvalue weighted by Gasteiger charge is 2.42. The zero-order valence-electron chi connectivity index (χ0n) is 31.2. The van der Waals surface area contributed by atoms with E-state index >= 15 is 0 Å². The van der Waals surface area contributed by atoms with Crippen LogP contribution in [0.5, 0.6) is 11.5 Å². The van der Waals surface area contributed by atoms with E-state index in [9.17, 15) is 0 Å². The number of anilines is 2. The summed E-state index contributed by atoms with van der Waals surface area (Å²) >= 11 is 0. The lowest BCUT2D eigenvalue weighted by atomic mass is 9.76. The summed E-state index contributed by atoms with van der Waals surface area (Å²) < 4.78 is 13.2. The molecule has 0 aliphatic rings. The molecule has 7 aromatic rings. The zero-order valence-corrected chi connectivity index (χ0v) is 31.2. The summed E-state index contributed by atoms with van der Waals surface area (Å²) in [5.74, 6) is 3.50. The fourth-order valence-corrected chi connectivity index (χ4v) is 7.30. The summed E-state index contributed by atoms with van der Waals surface area (Å²) in [5.41, 5.74) is 3.71. The SMILES string of the molecule is CCCC[C@](C)(Cc1ncnn1C(c1ccccc1)(c1ccccc1)c1ccccc1)Nc1nc(NCc2ccc(OC)cc2OC)nc2cnccc12. The predicted molar refractivity (Wildman–Crippen MR) is 214 cm³/mol. The van der Waals surface area contributed by atoms with Crippen molar-refractivity contribution in [2.24, 2.45) is 0 Å². The normalized spacial score (nSPS) is 12.6. The molecule has 2 N–H and O–H groups in total. The highest BCUT2D eigenvalue weighted by molar-refractivity contribution is 5.89. The molecule has 0 aliphatic carbocycles. The predicted octanol–water partition coefficient (Wildman–Crippen LogP) is 8.69. The summed E-state index contributed by atoms with van der Waals surface area (Å²) in [6.07, 6.45) is 8.72. The summed E-state index contributed by atoms with van der Waals surface area (Å²) in [6.45, 7) is 4.92. The van der Waals surface area contributed by atoms with E-state index in [2.05, 4.69) is 125 Å². The molecule has 0 bridgehead atoms. The van der Waals surface area contributed by atoms with Gasteiger partial charge < -0.3 is 20.1 Å². The molecular weight excluding hydrogens is 673 g/mol. The Bertz CT molecular complexity index is 2180. The molecule has 0 saturated carbocycles. The highest BCUT2D eigenvalue weighted by atomic mass is 16.5. The molecule has 0 fully saturated rings. The van der Waals surface area contributed by atoms with Crippen LogP contribution in [0.15, 0.2) is 134 Å². The minimum absolute atomic E-state index is 0.453. The molecular formula is C44H46N8O2. The number of hydrogen-bond acceptors (Lipinski definition) is 9. The Balaban J connectivity index is 1.30. The fraction of sp³-hybridized carbons (Fsp3) is 0.250. The zero-order chi connectivity index (χ0) is 37.4. The van der Waals surface area contributed by atoms with Gasteiger partial charge in [0.05, 0.1) is 25.9 Å². The highest BCUT2D eigenvalue weighted by Crippen LogP contribution is 2.42. The molecule has 0 amide bonds. The van der Waals surface area contributed by atoms with Gasteiger partial charge in [0.25, 0.3) is 0 Å². The molecule has 54 heavy (non-hydrogen) atoms. The van der Waals surface area contributed by atoms with Crippen molar-refractivity contribution < 1.29 is 9.47 Å². The maximum Gasteiger partial charge on any atom is 0.225 e. The number of nitrogens with one attached hydrogen (secondary N) is 2. The van der Waals surface area contributed by atoms with Gasteiger partial charge in [-0.2, -0.15) is 10.1 Å². The molecule has 1 atom stereocenters. The quantitative estimate of drug-likeness (QED) is 0.0948. The lowest BCUT2D eigenvalue weighted by Crippen LogP contribution is -2.43. The summed E-state index contributed by atoms with van der Waals surface area (Å²) in [7, 11) is 3.29. The van der Waals surface area contributed by atoms with E-state index in [1.165, 1.54) is 0 Å². The van der Waals surface area contributed by atoms with Gasteiger partial charge in [0.1, 0.15) is 35.0 Å². The lowest BCUT2D eigenvalue weighted by Gasteiger charge is -2.38. The largest absolute Gasteiger partial charge is 0.497 e. The molecule has 7 rings (SSSR count). The number of benzene rings is 4. The molecule has 0 aliphatic heterocycles. The fourth-order valence-electron chi connectivity index (χ4n) is 7.30. The van der Waals surface area contributed by atoms with Crippen LogP contribution in [0.2, 0.25) is 0 Å². The molecule has 0 saturated heterocycles. The summed E-state index contributed by atoms with van der Waals surface area (Å²) in [5, 5.41) is 13.3. The number of ether oxygens (including phenoxy) is 2. The Morgan fingerprint density at radius 3 is 2.06 bits per heavy atom. The van der Waals surface area contributed by atoms with Crippen molar-refractivity contribution in [2.75, 3.05) is 24.9 Å². The van der Waals surface area contributed by atoms with Crippen molar-refractivity contribution >= 4 is 22.7 Å². The molecule has 4 aromatic carbocycles. The molecule has 0 radical (unpaired) electrons. The van der Waals surface area contributed by atoms with Gasteiger partial charge in [-0.15, -0.1) is 0 Å². The number of rotatable bonds is 16. The monoisotopic (exact) mass is 718 g/mol. The molecule has 3 aromatic heterocycles. The van der Waals surface area contributed by atoms with Crippen LogP contribution < -0.4 is 20.1 Å². The Hall–Kier alpha value is -6.29. The first-order valence-electron chi connectivity index (χ1n) is 18.4. The van der Waals surface area contributed by atoms with Crippen LogP contribution in [0.25, 0.3) is 10.9 Å². The first-order chi connectivity index (χ1) is 26.5. The van der Waals surface area contributed by atoms with Crippen LogP contribution in [0, 0.1) is 0 Å². The second kappa shape index (κ2) is 16.2. The van der Waals surface area contributed by atoms with Gasteiger partial charge in [0.15, 0.2) is 0 Å². The molecule has 0 spiro atoms. The molecule has 10 nitrogen and oxygen atoms in total. The van der Waals surface area contributed by atoms with E-state index in [-0.39, 0.29) is 0 Å². The average Bonchev–Trinajstić information content (AvgIpc) is 3.68. The van der Waals surface area contributed by atoms with Crippen LogP contribution in [0.4, 0.5) is 11.8 Å². The van der Waals surface area contributed by atoms with Crippen molar-refractivity contribution in [3.63, 3.8) is 0 Å². The number of aromatic nitrogens is 6. The van der Waals surface area contributed by atoms with E-state index < -0.39 is 11.1 Å². The standard InChI is InChI=1S/C44H46N8O2/c1-5-6-25-43(2,51-41-37-24-26-45-30-38(37)49-42(50-41)46-29-32-22-23-36(53-3)27-39(32)54-4)28-40-47-31-48-52(40)44(33-16-10-7-11-17-33,34-18-12-8-13-19-34)35-20-14-9-15-21-35/h7-24,26-27,30-31H,5-6,25,28-29H2,1-4H3,(H2,46,49,50,51)/t43-/m1/s1. The van der Waals surface area contributed by atoms with Crippen molar-refractivity contribution in [1.82, 2.24) is 29.7 Å². The van der Waals surface area contributed by atoms with Crippen molar-refractivity contribution in [2.45, 2.75) is 57.2 Å². The van der Waals surface area contributed by atoms with E-state index in [1.54, 1.807) is 32.9 Å². The Morgan fingerprint density at radius 1 is 0.778 bits per heavy atom. The van der Waals surface area contributed by atoms with Gasteiger partial charge >= 0.3 is 0 Å². The van der Waals surface area contributed by atoms with Crippen molar-refractivity contribution in [1.29, 1.82) is 0 Å². The Labute approximate surface area is 316 Å². The van der Waals surface area contributed by atoms with E-state index in [0.717, 1.165) is 75.6 Å².